The van der Waals surface area contributed by atoms with E-state index in [1.807, 2.05) is 47.0 Å². The van der Waals surface area contributed by atoms with Crippen LogP contribution in [0.3, 0.4) is 0 Å². The van der Waals surface area contributed by atoms with Gasteiger partial charge in [-0.15, -0.1) is 0 Å². The molecule has 0 saturated heterocycles. The standard InChI is InChI=1S/C22H22N4O2/c23-21-20-19(25-22(15-12-16(27)13-15)26(20)11-10-24-21)14-6-8-18(9-7-14)28-17-4-2-1-3-5-17/h1-2,4,6-11,15-16,27H,3,5,12-13H2,(H2,23,24). The summed E-state index contributed by atoms with van der Waals surface area (Å²) >= 11 is 0. The molecule has 5 rings (SSSR count). The molecule has 3 aromatic rings. The van der Waals surface area contributed by atoms with Crippen LogP contribution in [0.5, 0.6) is 5.75 Å². The lowest BCUT2D eigenvalue weighted by molar-refractivity contribution is 0.0715. The van der Waals surface area contributed by atoms with Crippen LogP contribution in [0.1, 0.15) is 37.4 Å². The first kappa shape index (κ1) is 17.0. The summed E-state index contributed by atoms with van der Waals surface area (Å²) < 4.78 is 7.97. The Hall–Kier alpha value is -3.12. The quantitative estimate of drug-likeness (QED) is 0.725. The van der Waals surface area contributed by atoms with E-state index in [4.69, 9.17) is 15.5 Å². The van der Waals surface area contributed by atoms with Gasteiger partial charge in [0.2, 0.25) is 0 Å². The van der Waals surface area contributed by atoms with Crippen LogP contribution < -0.4 is 10.5 Å². The van der Waals surface area contributed by atoms with Gasteiger partial charge >= 0.3 is 0 Å². The summed E-state index contributed by atoms with van der Waals surface area (Å²) in [5, 5.41) is 9.70. The molecule has 1 aromatic carbocycles. The first-order valence-corrected chi connectivity index (χ1v) is 9.63. The highest BCUT2D eigenvalue weighted by Crippen LogP contribution is 2.39. The van der Waals surface area contributed by atoms with Gasteiger partial charge in [0.25, 0.3) is 0 Å². The van der Waals surface area contributed by atoms with Crippen LogP contribution in [0, 0.1) is 0 Å². The molecule has 28 heavy (non-hydrogen) atoms. The second-order valence-electron chi connectivity index (χ2n) is 7.40. The highest BCUT2D eigenvalue weighted by molar-refractivity contribution is 5.85. The molecule has 2 aliphatic carbocycles. The molecule has 142 valence electrons. The number of imidazole rings is 1. The second-order valence-corrected chi connectivity index (χ2v) is 7.40. The molecule has 6 nitrogen and oxygen atoms in total. The van der Waals surface area contributed by atoms with E-state index in [0.29, 0.717) is 5.82 Å². The minimum absolute atomic E-state index is 0.236. The predicted molar refractivity (Wildman–Crippen MR) is 108 cm³/mol. The Labute approximate surface area is 163 Å². The van der Waals surface area contributed by atoms with Crippen molar-refractivity contribution in [2.45, 2.75) is 37.7 Å². The summed E-state index contributed by atoms with van der Waals surface area (Å²) in [4.78, 5) is 9.14. The largest absolute Gasteiger partial charge is 0.462 e. The highest BCUT2D eigenvalue weighted by Gasteiger charge is 2.33. The topological polar surface area (TPSA) is 85.7 Å². The van der Waals surface area contributed by atoms with Crippen LogP contribution in [-0.2, 0) is 0 Å². The van der Waals surface area contributed by atoms with Crippen molar-refractivity contribution in [3.8, 4) is 17.0 Å². The number of hydrogen-bond acceptors (Lipinski definition) is 5. The Balaban J connectivity index is 1.50. The predicted octanol–water partition coefficient (Wildman–Crippen LogP) is 3.83. The van der Waals surface area contributed by atoms with Crippen molar-refractivity contribution >= 4 is 11.3 Å². The molecule has 1 fully saturated rings. The smallest absolute Gasteiger partial charge is 0.150 e. The number of fused-ring (bicyclic) bond motifs is 1. The summed E-state index contributed by atoms with van der Waals surface area (Å²) in [5.74, 6) is 3.41. The molecule has 0 amide bonds. The Morgan fingerprint density at radius 3 is 2.71 bits per heavy atom. The number of aliphatic hydroxyl groups excluding tert-OH is 1. The Bertz CT molecular complexity index is 1080. The number of nitrogens with two attached hydrogens (primary N) is 1. The number of allylic oxidation sites excluding steroid dienone is 4. The molecular weight excluding hydrogens is 352 g/mol. The first-order valence-electron chi connectivity index (χ1n) is 9.63. The Morgan fingerprint density at radius 2 is 2.00 bits per heavy atom. The van der Waals surface area contributed by atoms with E-state index < -0.39 is 0 Å². The summed E-state index contributed by atoms with van der Waals surface area (Å²) in [5.41, 5.74) is 8.78. The number of benzene rings is 1. The second kappa shape index (κ2) is 6.80. The number of hydrogen-bond donors (Lipinski definition) is 2. The molecule has 0 atom stereocenters. The van der Waals surface area contributed by atoms with Gasteiger partial charge in [-0.3, -0.25) is 4.40 Å². The monoisotopic (exact) mass is 374 g/mol. The van der Waals surface area contributed by atoms with Gasteiger partial charge in [0.05, 0.1) is 6.10 Å². The molecule has 3 N–H and O–H groups in total. The molecule has 2 aromatic heterocycles. The SMILES string of the molecule is Nc1nccn2c(C3CC(O)C3)nc(-c3ccc(OC4=CC=CCC4)cc3)c12. The fourth-order valence-corrected chi connectivity index (χ4v) is 3.87. The number of nitrogens with zero attached hydrogens (tertiary/aromatic N) is 3. The van der Waals surface area contributed by atoms with Crippen molar-refractivity contribution in [1.29, 1.82) is 0 Å². The van der Waals surface area contributed by atoms with Crippen molar-refractivity contribution in [3.63, 3.8) is 0 Å². The lowest BCUT2D eigenvalue weighted by Crippen LogP contribution is -2.27. The van der Waals surface area contributed by atoms with Gasteiger partial charge in [-0.05, 0) is 49.6 Å². The average Bonchev–Trinajstić information content (AvgIpc) is 3.07. The average molecular weight is 374 g/mol. The zero-order chi connectivity index (χ0) is 19.1. The maximum Gasteiger partial charge on any atom is 0.150 e. The van der Waals surface area contributed by atoms with E-state index in [1.54, 1.807) is 6.20 Å². The number of aliphatic hydroxyl groups is 1. The lowest BCUT2D eigenvalue weighted by Gasteiger charge is -2.30. The van der Waals surface area contributed by atoms with E-state index in [2.05, 4.69) is 11.1 Å². The van der Waals surface area contributed by atoms with Crippen molar-refractivity contribution in [2.75, 3.05) is 5.73 Å². The van der Waals surface area contributed by atoms with Gasteiger partial charge in [0.15, 0.2) is 0 Å². The summed E-state index contributed by atoms with van der Waals surface area (Å²) in [7, 11) is 0. The zero-order valence-electron chi connectivity index (χ0n) is 15.5. The zero-order valence-corrected chi connectivity index (χ0v) is 15.5. The van der Waals surface area contributed by atoms with Gasteiger partial charge < -0.3 is 15.6 Å². The van der Waals surface area contributed by atoms with Gasteiger partial charge in [-0.25, -0.2) is 9.97 Å². The van der Waals surface area contributed by atoms with Crippen LogP contribution in [0.2, 0.25) is 0 Å². The summed E-state index contributed by atoms with van der Waals surface area (Å²) in [6, 6.07) is 7.92. The number of ether oxygens (including phenoxy) is 1. The third kappa shape index (κ3) is 2.96. The number of anilines is 1. The maximum absolute atomic E-state index is 9.70. The normalized spacial score (nSPS) is 21.4. The van der Waals surface area contributed by atoms with E-state index >= 15 is 0 Å². The van der Waals surface area contributed by atoms with Crippen LogP contribution in [0.15, 0.2) is 60.6 Å². The van der Waals surface area contributed by atoms with E-state index in [1.165, 1.54) is 0 Å². The van der Waals surface area contributed by atoms with Crippen molar-refractivity contribution in [3.05, 3.63) is 66.5 Å². The fourth-order valence-electron chi connectivity index (χ4n) is 3.87. The number of rotatable bonds is 4. The Morgan fingerprint density at radius 1 is 1.18 bits per heavy atom. The van der Waals surface area contributed by atoms with Crippen molar-refractivity contribution < 1.29 is 9.84 Å². The van der Waals surface area contributed by atoms with Crippen molar-refractivity contribution in [2.24, 2.45) is 0 Å². The third-order valence-electron chi connectivity index (χ3n) is 5.44. The minimum atomic E-state index is -0.236. The van der Waals surface area contributed by atoms with Gasteiger partial charge in [-0.1, -0.05) is 12.2 Å². The first-order chi connectivity index (χ1) is 13.7. The molecule has 2 aliphatic rings. The number of aromatic nitrogens is 3. The third-order valence-corrected chi connectivity index (χ3v) is 5.44. The maximum atomic E-state index is 9.70. The molecule has 1 saturated carbocycles. The highest BCUT2D eigenvalue weighted by atomic mass is 16.5. The van der Waals surface area contributed by atoms with E-state index in [9.17, 15) is 5.11 Å². The molecule has 0 spiro atoms. The lowest BCUT2D eigenvalue weighted by atomic mass is 9.82. The number of nitrogen functional groups attached to an aromatic ring is 1. The van der Waals surface area contributed by atoms with Crippen LogP contribution in [0.4, 0.5) is 5.82 Å². The van der Waals surface area contributed by atoms with Crippen LogP contribution in [-0.4, -0.2) is 25.6 Å². The molecule has 0 bridgehead atoms. The van der Waals surface area contributed by atoms with E-state index in [-0.39, 0.29) is 12.0 Å². The van der Waals surface area contributed by atoms with Gasteiger partial charge in [0.1, 0.15) is 34.4 Å². The van der Waals surface area contributed by atoms with Crippen LogP contribution in [0.25, 0.3) is 16.8 Å². The molecule has 2 heterocycles. The molecule has 6 heteroatoms. The fraction of sp³-hybridized carbons (Fsp3) is 0.273. The molecule has 0 radical (unpaired) electrons. The molecule has 0 aliphatic heterocycles. The Kier molecular flexibility index (Phi) is 4.13. The summed E-state index contributed by atoms with van der Waals surface area (Å²) in [6.07, 6.45) is 12.9. The molecule has 0 unspecified atom stereocenters. The van der Waals surface area contributed by atoms with Crippen LogP contribution >= 0.6 is 0 Å². The summed E-state index contributed by atoms with van der Waals surface area (Å²) in [6.45, 7) is 0. The van der Waals surface area contributed by atoms with E-state index in [0.717, 1.165) is 59.8 Å². The van der Waals surface area contributed by atoms with Gasteiger partial charge in [0, 0.05) is 30.3 Å². The molecular formula is C22H22N4O2. The minimum Gasteiger partial charge on any atom is -0.462 e. The van der Waals surface area contributed by atoms with Crippen molar-refractivity contribution in [1.82, 2.24) is 14.4 Å². The van der Waals surface area contributed by atoms with Gasteiger partial charge in [-0.2, -0.15) is 0 Å².